The largest absolute Gasteiger partial charge is 0.464 e. The number of rotatable bonds is 3. The van der Waals surface area contributed by atoms with Gasteiger partial charge < -0.3 is 15.2 Å². The van der Waals surface area contributed by atoms with Crippen molar-refractivity contribution in [1.82, 2.24) is 4.90 Å². The van der Waals surface area contributed by atoms with Crippen LogP contribution in [0.15, 0.2) is 24.3 Å². The van der Waals surface area contributed by atoms with Crippen LogP contribution in [0.5, 0.6) is 0 Å². The van der Waals surface area contributed by atoms with E-state index in [1.165, 1.54) is 30.6 Å². The molecule has 1 aromatic carbocycles. The first-order chi connectivity index (χ1) is 11.4. The van der Waals surface area contributed by atoms with Crippen molar-refractivity contribution in [3.63, 3.8) is 0 Å². The van der Waals surface area contributed by atoms with Gasteiger partial charge in [-0.15, -0.1) is 0 Å². The molecule has 0 aromatic heterocycles. The molecule has 3 N–H and O–H groups in total. The third-order valence-electron chi connectivity index (χ3n) is 5.05. The van der Waals surface area contributed by atoms with Crippen LogP contribution in [-0.4, -0.2) is 54.1 Å². The van der Waals surface area contributed by atoms with Crippen molar-refractivity contribution < 1.29 is 33.9 Å². The molecule has 8 heteroatoms. The smallest absolute Gasteiger partial charge is 0.371 e. The van der Waals surface area contributed by atoms with E-state index in [0.717, 1.165) is 12.0 Å². The molecule has 0 unspecified atom stereocenters. The molecule has 2 amide bonds. The zero-order valence-corrected chi connectivity index (χ0v) is 13.2. The molecule has 0 aliphatic carbocycles. The third-order valence-corrected chi connectivity index (χ3v) is 5.05. The molecule has 2 aliphatic heterocycles. The van der Waals surface area contributed by atoms with Crippen molar-refractivity contribution >= 4 is 17.8 Å². The second kappa shape index (κ2) is 5.64. The quantitative estimate of drug-likeness (QED) is 0.521. The van der Waals surface area contributed by atoms with Crippen LogP contribution < -0.4 is 5.32 Å². The van der Waals surface area contributed by atoms with E-state index in [1.807, 2.05) is 0 Å². The molecule has 7 nitrogen and oxygen atoms in total. The van der Waals surface area contributed by atoms with Gasteiger partial charge in [-0.1, -0.05) is 12.1 Å². The van der Waals surface area contributed by atoms with Crippen LogP contribution in [0.4, 0.5) is 4.39 Å². The predicted molar refractivity (Wildman–Crippen MR) is 77.7 cm³/mol. The minimum Gasteiger partial charge on any atom is -0.464 e. The number of carbonyl (C=O) groups excluding carboxylic acids is 3. The lowest BCUT2D eigenvalue weighted by Gasteiger charge is -2.26. The van der Waals surface area contributed by atoms with Gasteiger partial charge in [0.05, 0.1) is 7.11 Å². The van der Waals surface area contributed by atoms with Gasteiger partial charge in [0.1, 0.15) is 30.3 Å². The molecule has 24 heavy (non-hydrogen) atoms. The molecule has 0 radical (unpaired) electrons. The Morgan fingerprint density at radius 1 is 1.42 bits per heavy atom. The average Bonchev–Trinajstić information content (AvgIpc) is 3.05. The molecule has 0 bridgehead atoms. The summed E-state index contributed by atoms with van der Waals surface area (Å²) in [5.41, 5.74) is -1.14. The molecule has 1 aromatic rings. The average molecular weight is 337 g/mol. The van der Waals surface area contributed by atoms with Crippen LogP contribution in [0.2, 0.25) is 0 Å². The summed E-state index contributed by atoms with van der Waals surface area (Å²) in [4.78, 5) is 38.4. The summed E-state index contributed by atoms with van der Waals surface area (Å²) < 4.78 is 18.4. The Bertz CT molecular complexity index is 724. The second-order valence-electron chi connectivity index (χ2n) is 6.18. The number of halogens is 1. The lowest BCUT2D eigenvalue weighted by Crippen LogP contribution is -2.99. The van der Waals surface area contributed by atoms with Gasteiger partial charge in [0, 0.05) is 12.6 Å². The first kappa shape index (κ1) is 16.5. The van der Waals surface area contributed by atoms with Gasteiger partial charge in [0.25, 0.3) is 0 Å². The van der Waals surface area contributed by atoms with Gasteiger partial charge in [0.15, 0.2) is 0 Å². The summed E-state index contributed by atoms with van der Waals surface area (Å²) in [6.07, 6.45) is 0. The number of methoxy groups -OCH3 is 1. The number of amides is 2. The number of fused-ring (bicyclic) bond motifs is 1. The first-order valence-corrected chi connectivity index (χ1v) is 7.49. The summed E-state index contributed by atoms with van der Waals surface area (Å²) in [6, 6.07) is 4.98. The topological polar surface area (TPSA) is 101 Å². The van der Waals surface area contributed by atoms with Crippen LogP contribution >= 0.6 is 0 Å². The minimum atomic E-state index is -1.62. The molecule has 0 spiro atoms. The fourth-order valence-electron chi connectivity index (χ4n) is 3.88. The van der Waals surface area contributed by atoms with E-state index in [-0.39, 0.29) is 0 Å². The maximum atomic E-state index is 13.6. The highest BCUT2D eigenvalue weighted by Crippen LogP contribution is 2.43. The zero-order chi connectivity index (χ0) is 17.6. The van der Waals surface area contributed by atoms with Crippen molar-refractivity contribution in [2.45, 2.75) is 11.6 Å². The van der Waals surface area contributed by atoms with E-state index < -0.39 is 53.6 Å². The molecule has 2 heterocycles. The van der Waals surface area contributed by atoms with E-state index >= 15 is 0 Å². The molecule has 128 valence electrons. The van der Waals surface area contributed by atoms with Gasteiger partial charge in [-0.2, -0.15) is 0 Å². The Hall–Kier alpha value is -2.32. The van der Waals surface area contributed by atoms with Crippen molar-refractivity contribution in [3.05, 3.63) is 35.6 Å². The number of likely N-dealkylation sites (tertiary alicyclic amines) is 1. The number of nitrogens with two attached hydrogens (primary N) is 1. The molecule has 3 rings (SSSR count). The van der Waals surface area contributed by atoms with Gasteiger partial charge in [-0.25, -0.2) is 9.18 Å². The number of imide groups is 1. The fraction of sp³-hybridized carbons (Fsp3) is 0.438. The molecule has 0 saturated carbocycles. The van der Waals surface area contributed by atoms with Gasteiger partial charge in [-0.05, 0) is 12.1 Å². The lowest BCUT2D eigenvalue weighted by atomic mass is 9.79. The number of aliphatic hydroxyl groups is 1. The Morgan fingerprint density at radius 2 is 2.12 bits per heavy atom. The Labute approximate surface area is 137 Å². The molecule has 2 fully saturated rings. The monoisotopic (exact) mass is 337 g/mol. The number of hydrogen-bond donors (Lipinski definition) is 2. The normalized spacial score (nSPS) is 32.2. The Morgan fingerprint density at radius 3 is 2.71 bits per heavy atom. The van der Waals surface area contributed by atoms with Crippen LogP contribution in [0.3, 0.4) is 0 Å². The summed E-state index contributed by atoms with van der Waals surface area (Å²) >= 11 is 0. The Balaban J connectivity index is 2.14. The predicted octanol–water partition coefficient (Wildman–Crippen LogP) is -1.42. The highest BCUT2D eigenvalue weighted by molar-refractivity contribution is 6.08. The maximum absolute atomic E-state index is 13.6. The number of ether oxygens (including phenoxy) is 1. The van der Waals surface area contributed by atoms with E-state index in [1.54, 1.807) is 6.07 Å². The minimum absolute atomic E-state index is 0.449. The summed E-state index contributed by atoms with van der Waals surface area (Å²) in [6.45, 7) is -0.667. The molecular formula is C16H18FN2O5+. The highest BCUT2D eigenvalue weighted by atomic mass is 19.1. The summed E-state index contributed by atoms with van der Waals surface area (Å²) in [7, 11) is 2.49. The maximum Gasteiger partial charge on any atom is 0.371 e. The number of nitrogens with zero attached hydrogens (tertiary/aromatic N) is 1. The number of quaternary nitrogens is 1. The summed E-state index contributed by atoms with van der Waals surface area (Å²) in [5.74, 6) is -4.18. The molecule has 4 atom stereocenters. The van der Waals surface area contributed by atoms with Crippen molar-refractivity contribution in [2.75, 3.05) is 20.8 Å². The number of carbonyl (C=O) groups is 3. The number of aliphatic hydroxyl groups excluding tert-OH is 1. The van der Waals surface area contributed by atoms with Gasteiger partial charge >= 0.3 is 5.97 Å². The lowest BCUT2D eigenvalue weighted by molar-refractivity contribution is -0.735. The van der Waals surface area contributed by atoms with Crippen molar-refractivity contribution in [3.8, 4) is 0 Å². The third kappa shape index (κ3) is 2.06. The fourth-order valence-corrected chi connectivity index (χ4v) is 3.88. The van der Waals surface area contributed by atoms with E-state index in [9.17, 15) is 23.9 Å². The molecular weight excluding hydrogens is 319 g/mol. The first-order valence-electron chi connectivity index (χ1n) is 7.49. The molecule has 2 aliphatic rings. The van der Waals surface area contributed by atoms with Crippen molar-refractivity contribution in [2.24, 2.45) is 11.8 Å². The van der Waals surface area contributed by atoms with Crippen LogP contribution in [0.1, 0.15) is 11.6 Å². The van der Waals surface area contributed by atoms with E-state index in [2.05, 4.69) is 0 Å². The SMILES string of the molecule is COC(=O)[C@]1(CO)[NH2+][C@@H](c2cccc(F)c2)[C@@H]2C(=O)N(C)C(=O)[C@H]21. The standard InChI is InChI=1S/C16H17FN2O5/c1-19-13(21)10-11(14(19)22)16(7-20,15(23)24-2)18-12(10)8-4-3-5-9(17)6-8/h3-6,10-12,18,20H,7H2,1-2H3/p+1/t10-,11+,12+,16-/m1/s1. The van der Waals surface area contributed by atoms with Gasteiger partial charge in [-0.3, -0.25) is 14.5 Å². The van der Waals surface area contributed by atoms with Gasteiger partial charge in [0.2, 0.25) is 17.4 Å². The number of benzene rings is 1. The van der Waals surface area contributed by atoms with E-state index in [0.29, 0.717) is 5.56 Å². The van der Waals surface area contributed by atoms with Crippen LogP contribution in [0.25, 0.3) is 0 Å². The van der Waals surface area contributed by atoms with Crippen LogP contribution in [0, 0.1) is 17.7 Å². The highest BCUT2D eigenvalue weighted by Gasteiger charge is 2.72. The summed E-state index contributed by atoms with van der Waals surface area (Å²) in [5, 5.41) is 11.4. The number of hydrogen-bond acceptors (Lipinski definition) is 5. The Kier molecular flexibility index (Phi) is 3.89. The van der Waals surface area contributed by atoms with E-state index in [4.69, 9.17) is 4.74 Å². The molecule has 2 saturated heterocycles. The number of esters is 1. The van der Waals surface area contributed by atoms with Crippen molar-refractivity contribution in [1.29, 1.82) is 0 Å². The van der Waals surface area contributed by atoms with Crippen LogP contribution in [-0.2, 0) is 19.1 Å². The second-order valence-corrected chi connectivity index (χ2v) is 6.18. The zero-order valence-electron chi connectivity index (χ0n) is 13.2.